The molecule has 0 heterocycles. The van der Waals surface area contributed by atoms with Gasteiger partial charge in [-0.1, -0.05) is 53.5 Å². The molecule has 1 nitrogen and oxygen atoms in total. The smallest absolute Gasteiger partial charge is 0.141 e. The summed E-state index contributed by atoms with van der Waals surface area (Å²) in [6.07, 6.45) is 1.42. The second kappa shape index (κ2) is 4.91. The van der Waals surface area contributed by atoms with E-state index in [0.717, 1.165) is 5.56 Å². The van der Waals surface area contributed by atoms with Crippen molar-refractivity contribution in [1.29, 1.82) is 0 Å². The molecular formula is C17H14Cl2O. The molecule has 1 aliphatic rings. The fourth-order valence-corrected chi connectivity index (χ4v) is 3.71. The number of hydrogen-bond donors (Lipinski definition) is 0. The Bertz CT molecular complexity index is 666. The van der Waals surface area contributed by atoms with E-state index < -0.39 is 5.41 Å². The summed E-state index contributed by atoms with van der Waals surface area (Å²) in [4.78, 5) is 12.4. The molecule has 0 spiro atoms. The maximum Gasteiger partial charge on any atom is 0.141 e. The van der Waals surface area contributed by atoms with Crippen molar-refractivity contribution in [3.05, 3.63) is 69.2 Å². The molecule has 0 bridgehead atoms. The van der Waals surface area contributed by atoms with Crippen LogP contribution in [0.1, 0.15) is 23.6 Å². The molecule has 0 atom stereocenters. The average molecular weight is 305 g/mol. The van der Waals surface area contributed by atoms with Crippen LogP contribution in [0.2, 0.25) is 10.0 Å². The number of rotatable bonds is 2. The molecule has 3 rings (SSSR count). The molecular weight excluding hydrogens is 291 g/mol. The summed E-state index contributed by atoms with van der Waals surface area (Å²) in [6, 6.07) is 13.6. The van der Waals surface area contributed by atoms with Gasteiger partial charge in [-0.05, 0) is 48.6 Å². The molecule has 0 aromatic heterocycles. The molecule has 0 N–H and O–H groups in total. The van der Waals surface area contributed by atoms with E-state index in [1.807, 2.05) is 18.2 Å². The Kier molecular flexibility index (Phi) is 3.35. The van der Waals surface area contributed by atoms with E-state index in [4.69, 9.17) is 23.2 Å². The summed E-state index contributed by atoms with van der Waals surface area (Å²) >= 11 is 12.3. The number of hydrogen-bond acceptors (Lipinski definition) is 1. The first-order valence-corrected chi connectivity index (χ1v) is 7.32. The Morgan fingerprint density at radius 3 is 2.15 bits per heavy atom. The molecule has 0 saturated carbocycles. The predicted octanol–water partition coefficient (Wildman–Crippen LogP) is 4.62. The van der Waals surface area contributed by atoms with Crippen LogP contribution in [0.15, 0.2) is 42.5 Å². The molecule has 0 saturated heterocycles. The van der Waals surface area contributed by atoms with Gasteiger partial charge in [0.25, 0.3) is 0 Å². The quantitative estimate of drug-likeness (QED) is 0.791. The molecule has 2 aromatic rings. The summed E-state index contributed by atoms with van der Waals surface area (Å²) < 4.78 is 0. The molecule has 1 aliphatic carbocycles. The van der Waals surface area contributed by atoms with E-state index in [2.05, 4.69) is 12.1 Å². The molecule has 2 aromatic carbocycles. The Hall–Kier alpha value is -1.31. The van der Waals surface area contributed by atoms with Gasteiger partial charge in [-0.2, -0.15) is 0 Å². The van der Waals surface area contributed by atoms with Gasteiger partial charge in [-0.25, -0.2) is 0 Å². The zero-order chi connectivity index (χ0) is 14.3. The van der Waals surface area contributed by atoms with Crippen molar-refractivity contribution in [2.45, 2.75) is 25.2 Å². The first kappa shape index (κ1) is 13.7. The van der Waals surface area contributed by atoms with Crippen LogP contribution in [-0.4, -0.2) is 5.78 Å². The van der Waals surface area contributed by atoms with Crippen LogP contribution < -0.4 is 0 Å². The lowest BCUT2D eigenvalue weighted by molar-refractivity contribution is -0.122. The van der Waals surface area contributed by atoms with Crippen molar-refractivity contribution >= 4 is 29.0 Å². The third kappa shape index (κ3) is 2.06. The minimum atomic E-state index is -0.550. The summed E-state index contributed by atoms with van der Waals surface area (Å²) in [6.45, 7) is 1.65. The summed E-state index contributed by atoms with van der Waals surface area (Å²) in [5, 5.41) is 1.16. The molecule has 0 amide bonds. The summed E-state index contributed by atoms with van der Waals surface area (Å²) in [5.74, 6) is 0.151. The highest BCUT2D eigenvalue weighted by atomic mass is 35.5. The number of Topliss-reactive ketones (excluding diaryl/α,β-unsaturated/α-hetero) is 1. The van der Waals surface area contributed by atoms with Crippen LogP contribution in [0.5, 0.6) is 0 Å². The second-order valence-corrected chi connectivity index (χ2v) is 6.23. The van der Waals surface area contributed by atoms with Gasteiger partial charge < -0.3 is 0 Å². The van der Waals surface area contributed by atoms with Crippen LogP contribution in [-0.2, 0) is 23.1 Å². The van der Waals surface area contributed by atoms with E-state index in [1.165, 1.54) is 11.1 Å². The van der Waals surface area contributed by atoms with Gasteiger partial charge in [0.15, 0.2) is 0 Å². The van der Waals surface area contributed by atoms with Gasteiger partial charge in [-0.3, -0.25) is 4.79 Å². The van der Waals surface area contributed by atoms with E-state index in [1.54, 1.807) is 19.1 Å². The fourth-order valence-electron chi connectivity index (χ4n) is 3.12. The van der Waals surface area contributed by atoms with Gasteiger partial charge in [0.1, 0.15) is 5.78 Å². The van der Waals surface area contributed by atoms with Crippen LogP contribution in [0.4, 0.5) is 0 Å². The molecule has 20 heavy (non-hydrogen) atoms. The van der Waals surface area contributed by atoms with Gasteiger partial charge >= 0.3 is 0 Å². The third-order valence-electron chi connectivity index (χ3n) is 4.22. The van der Waals surface area contributed by atoms with Crippen molar-refractivity contribution in [1.82, 2.24) is 0 Å². The number of carbonyl (C=O) groups is 1. The normalized spacial score (nSPS) is 15.9. The van der Waals surface area contributed by atoms with Crippen LogP contribution in [0.3, 0.4) is 0 Å². The molecule has 102 valence electrons. The highest BCUT2D eigenvalue weighted by molar-refractivity contribution is 6.35. The van der Waals surface area contributed by atoms with Gasteiger partial charge in [0.05, 0.1) is 5.41 Å². The number of fused-ring (bicyclic) bond motifs is 1. The highest BCUT2D eigenvalue weighted by Crippen LogP contribution is 2.43. The number of halogens is 2. The molecule has 0 radical (unpaired) electrons. The molecule has 3 heteroatoms. The Balaban J connectivity index is 2.15. The van der Waals surface area contributed by atoms with Crippen molar-refractivity contribution < 1.29 is 4.79 Å². The van der Waals surface area contributed by atoms with E-state index in [-0.39, 0.29) is 5.78 Å². The van der Waals surface area contributed by atoms with Gasteiger partial charge in [0, 0.05) is 10.0 Å². The van der Waals surface area contributed by atoms with E-state index >= 15 is 0 Å². The fraction of sp³-hybridized carbons (Fsp3) is 0.235. The number of carbonyl (C=O) groups excluding carboxylic acids is 1. The zero-order valence-corrected chi connectivity index (χ0v) is 12.6. The Morgan fingerprint density at radius 2 is 1.65 bits per heavy atom. The Labute approximate surface area is 128 Å². The monoisotopic (exact) mass is 304 g/mol. The lowest BCUT2D eigenvalue weighted by Gasteiger charge is -2.27. The van der Waals surface area contributed by atoms with Crippen LogP contribution >= 0.6 is 23.2 Å². The van der Waals surface area contributed by atoms with Crippen LogP contribution in [0, 0.1) is 0 Å². The van der Waals surface area contributed by atoms with E-state index in [0.29, 0.717) is 22.9 Å². The minimum absolute atomic E-state index is 0.151. The maximum atomic E-state index is 12.4. The van der Waals surface area contributed by atoms with E-state index in [9.17, 15) is 4.79 Å². The van der Waals surface area contributed by atoms with Gasteiger partial charge in [-0.15, -0.1) is 0 Å². The Morgan fingerprint density at radius 1 is 1.05 bits per heavy atom. The number of benzene rings is 2. The van der Waals surface area contributed by atoms with Crippen molar-refractivity contribution in [3.8, 4) is 0 Å². The number of ketones is 1. The molecule has 0 aliphatic heterocycles. The largest absolute Gasteiger partial charge is 0.299 e. The summed E-state index contributed by atoms with van der Waals surface area (Å²) in [5.41, 5.74) is 2.79. The lowest BCUT2D eigenvalue weighted by atomic mass is 9.74. The lowest BCUT2D eigenvalue weighted by Crippen LogP contribution is -2.35. The van der Waals surface area contributed by atoms with Crippen LogP contribution in [0.25, 0.3) is 0 Å². The second-order valence-electron chi connectivity index (χ2n) is 5.38. The standard InChI is InChI=1S/C17H14Cl2O/c1-11(20)17(15-7-6-14(18)8-16(15)19)9-12-4-2-3-5-13(12)10-17/h2-8H,9-10H2,1H3. The first-order valence-electron chi connectivity index (χ1n) is 6.56. The van der Waals surface area contributed by atoms with Gasteiger partial charge in [0.2, 0.25) is 0 Å². The topological polar surface area (TPSA) is 17.1 Å². The van der Waals surface area contributed by atoms with Crippen molar-refractivity contribution in [2.24, 2.45) is 0 Å². The SMILES string of the molecule is CC(=O)C1(c2ccc(Cl)cc2Cl)Cc2ccccc2C1. The maximum absolute atomic E-state index is 12.4. The average Bonchev–Trinajstić information content (AvgIpc) is 2.78. The highest BCUT2D eigenvalue weighted by Gasteiger charge is 2.43. The molecule has 0 unspecified atom stereocenters. The zero-order valence-electron chi connectivity index (χ0n) is 11.1. The minimum Gasteiger partial charge on any atom is -0.299 e. The predicted molar refractivity (Wildman–Crippen MR) is 82.7 cm³/mol. The first-order chi connectivity index (χ1) is 9.53. The molecule has 0 fully saturated rings. The summed E-state index contributed by atoms with van der Waals surface area (Å²) in [7, 11) is 0. The third-order valence-corrected chi connectivity index (χ3v) is 4.77. The van der Waals surface area contributed by atoms with Crippen molar-refractivity contribution in [2.75, 3.05) is 0 Å². The van der Waals surface area contributed by atoms with Crippen molar-refractivity contribution in [3.63, 3.8) is 0 Å².